The highest BCUT2D eigenvalue weighted by molar-refractivity contribution is 7.89. The number of imide groups is 1. The molecule has 1 aromatic heterocycles. The fraction of sp³-hybridized carbons (Fsp3) is 0.700. The van der Waals surface area contributed by atoms with Crippen molar-refractivity contribution in [2.24, 2.45) is 5.92 Å². The molecule has 3 amide bonds. The normalized spacial score (nSPS) is 17.3. The summed E-state index contributed by atoms with van der Waals surface area (Å²) in [5, 5.41) is 2.19. The van der Waals surface area contributed by atoms with E-state index >= 15 is 0 Å². The van der Waals surface area contributed by atoms with Crippen molar-refractivity contribution in [3.63, 3.8) is 0 Å². The average Bonchev–Trinajstić information content (AvgIpc) is 3.51. The van der Waals surface area contributed by atoms with E-state index in [0.717, 1.165) is 12.8 Å². The number of aromatic nitrogens is 2. The third-order valence-corrected chi connectivity index (χ3v) is 6.91. The Labute approximate surface area is 191 Å². The number of sulfonamides is 1. The topological polar surface area (TPSA) is 151 Å². The first-order valence-electron chi connectivity index (χ1n) is 11.2. The van der Waals surface area contributed by atoms with Crippen LogP contribution in [-0.4, -0.2) is 60.7 Å². The van der Waals surface area contributed by atoms with Gasteiger partial charge in [-0.1, -0.05) is 19.8 Å². The van der Waals surface area contributed by atoms with E-state index in [0.29, 0.717) is 44.6 Å². The van der Waals surface area contributed by atoms with Crippen LogP contribution in [0.2, 0.25) is 0 Å². The number of rotatable bonds is 14. The van der Waals surface area contributed by atoms with Crippen LogP contribution in [0.25, 0.3) is 0 Å². The number of aromatic amines is 1. The highest BCUT2D eigenvalue weighted by Gasteiger charge is 2.27. The van der Waals surface area contributed by atoms with Gasteiger partial charge in [-0.3, -0.25) is 14.9 Å². The molecule has 1 saturated heterocycles. The van der Waals surface area contributed by atoms with Crippen molar-refractivity contribution < 1.29 is 27.1 Å². The lowest BCUT2D eigenvalue weighted by molar-refractivity contribution is -0.118. The Morgan fingerprint density at radius 3 is 2.64 bits per heavy atom. The molecular weight excluding hydrogens is 457 g/mol. The number of ether oxygens (including phenoxy) is 1. The quantitative estimate of drug-likeness (QED) is 0.263. The molecule has 2 heterocycles. The first-order chi connectivity index (χ1) is 15.7. The van der Waals surface area contributed by atoms with Gasteiger partial charge in [-0.25, -0.2) is 17.9 Å². The molecule has 0 bridgehead atoms. The Hall–Kier alpha value is -2.54. The van der Waals surface area contributed by atoms with E-state index < -0.39 is 39.4 Å². The van der Waals surface area contributed by atoms with Crippen molar-refractivity contribution in [1.29, 1.82) is 0 Å². The van der Waals surface area contributed by atoms with E-state index in [-0.39, 0.29) is 30.6 Å². The largest absolute Gasteiger partial charge is 0.475 e. The van der Waals surface area contributed by atoms with Gasteiger partial charge < -0.3 is 14.6 Å². The van der Waals surface area contributed by atoms with E-state index in [1.807, 2.05) is 6.92 Å². The zero-order chi connectivity index (χ0) is 24.0. The lowest BCUT2D eigenvalue weighted by Gasteiger charge is -2.18. The number of hydrogen-bond acceptors (Lipinski definition) is 7. The van der Waals surface area contributed by atoms with Crippen molar-refractivity contribution in [2.75, 3.05) is 25.4 Å². The fourth-order valence-electron chi connectivity index (χ4n) is 3.45. The molecule has 3 N–H and O–H groups in total. The standard InChI is InChI=1S/C20H30FN5O6S/c1-2-6-14(17-23-18(28)16(21)19(24-17)32-12-13-7-8-13)25-33(30,31)10-5-3-4-9-26-11-15(27)22-20(26)29/h13-14,25H,2-12H2,1H3,(H,22,27,29)(H,23,24,28). The Morgan fingerprint density at radius 1 is 1.24 bits per heavy atom. The molecule has 13 heteroatoms. The molecule has 0 radical (unpaired) electrons. The van der Waals surface area contributed by atoms with Crippen molar-refractivity contribution >= 4 is 22.0 Å². The van der Waals surface area contributed by atoms with Crippen LogP contribution >= 0.6 is 0 Å². The number of unbranched alkanes of at least 4 members (excludes halogenated alkanes) is 2. The van der Waals surface area contributed by atoms with Gasteiger partial charge in [-0.2, -0.15) is 9.37 Å². The number of amides is 3. The van der Waals surface area contributed by atoms with Gasteiger partial charge in [0.1, 0.15) is 12.4 Å². The summed E-state index contributed by atoms with van der Waals surface area (Å²) in [6.07, 6.45) is 4.38. The van der Waals surface area contributed by atoms with Crippen LogP contribution < -0.4 is 20.3 Å². The molecule has 1 saturated carbocycles. The second-order valence-electron chi connectivity index (χ2n) is 8.44. The summed E-state index contributed by atoms with van der Waals surface area (Å²) in [7, 11) is -3.72. The molecule has 3 rings (SSSR count). The summed E-state index contributed by atoms with van der Waals surface area (Å²) in [5.74, 6) is -1.69. The van der Waals surface area contributed by atoms with Gasteiger partial charge >= 0.3 is 6.03 Å². The molecular formula is C20H30FN5O6S. The third kappa shape index (κ3) is 7.49. The number of nitrogens with zero attached hydrogens (tertiary/aromatic N) is 2. The van der Waals surface area contributed by atoms with E-state index in [9.17, 15) is 27.2 Å². The summed E-state index contributed by atoms with van der Waals surface area (Å²) >= 11 is 0. The highest BCUT2D eigenvalue weighted by Crippen LogP contribution is 2.29. The molecule has 1 atom stereocenters. The molecule has 33 heavy (non-hydrogen) atoms. The van der Waals surface area contributed by atoms with Gasteiger partial charge in [0.15, 0.2) is 0 Å². The average molecular weight is 488 g/mol. The number of H-pyrrole nitrogens is 1. The molecule has 2 aliphatic rings. The van der Waals surface area contributed by atoms with Gasteiger partial charge in [0, 0.05) is 6.54 Å². The molecule has 1 aromatic rings. The van der Waals surface area contributed by atoms with E-state index in [4.69, 9.17) is 4.74 Å². The van der Waals surface area contributed by atoms with Crippen LogP contribution in [0, 0.1) is 11.7 Å². The summed E-state index contributed by atoms with van der Waals surface area (Å²) in [6.45, 7) is 2.51. The lowest BCUT2D eigenvalue weighted by atomic mass is 10.2. The van der Waals surface area contributed by atoms with E-state index in [1.54, 1.807) is 0 Å². The molecule has 1 unspecified atom stereocenters. The lowest BCUT2D eigenvalue weighted by Crippen LogP contribution is -2.33. The number of halogens is 1. The van der Waals surface area contributed by atoms with Crippen LogP contribution in [-0.2, 0) is 14.8 Å². The van der Waals surface area contributed by atoms with Crippen molar-refractivity contribution in [2.45, 2.75) is 57.9 Å². The maximum atomic E-state index is 14.1. The van der Waals surface area contributed by atoms with Crippen LogP contribution in [0.3, 0.4) is 0 Å². The monoisotopic (exact) mass is 487 g/mol. The molecule has 184 valence electrons. The Balaban J connectivity index is 1.54. The summed E-state index contributed by atoms with van der Waals surface area (Å²) in [4.78, 5) is 42.4. The zero-order valence-corrected chi connectivity index (χ0v) is 19.4. The van der Waals surface area contributed by atoms with Crippen molar-refractivity contribution in [3.8, 4) is 5.88 Å². The number of carbonyl (C=O) groups excluding carboxylic acids is 2. The molecule has 0 spiro atoms. The van der Waals surface area contributed by atoms with Crippen molar-refractivity contribution in [3.05, 3.63) is 22.0 Å². The Bertz CT molecular complexity index is 1030. The van der Waals surface area contributed by atoms with Crippen LogP contribution in [0.4, 0.5) is 9.18 Å². The first-order valence-corrected chi connectivity index (χ1v) is 12.8. The highest BCUT2D eigenvalue weighted by atomic mass is 32.2. The molecule has 1 aliphatic heterocycles. The van der Waals surface area contributed by atoms with Crippen LogP contribution in [0.15, 0.2) is 4.79 Å². The van der Waals surface area contributed by atoms with Crippen LogP contribution in [0.5, 0.6) is 5.88 Å². The zero-order valence-electron chi connectivity index (χ0n) is 18.6. The molecule has 1 aliphatic carbocycles. The maximum absolute atomic E-state index is 14.1. The SMILES string of the molecule is CCCC(NS(=O)(=O)CCCCCN1CC(=O)NC1=O)c1nc(OCC2CC2)c(F)c(=O)[nH]1. The minimum absolute atomic E-state index is 0.0161. The van der Waals surface area contributed by atoms with Gasteiger partial charge in [-0.15, -0.1) is 0 Å². The molecule has 2 fully saturated rings. The van der Waals surface area contributed by atoms with Gasteiger partial charge in [0.05, 0.1) is 18.4 Å². The summed E-state index contributed by atoms with van der Waals surface area (Å²) in [6, 6.07) is -1.26. The molecule has 11 nitrogen and oxygen atoms in total. The van der Waals surface area contributed by atoms with Crippen LogP contribution in [0.1, 0.15) is 63.7 Å². The van der Waals surface area contributed by atoms with Crippen molar-refractivity contribution in [1.82, 2.24) is 24.9 Å². The van der Waals surface area contributed by atoms with Gasteiger partial charge in [-0.05, 0) is 38.0 Å². The van der Waals surface area contributed by atoms with E-state index in [2.05, 4.69) is 20.0 Å². The minimum Gasteiger partial charge on any atom is -0.475 e. The second kappa shape index (κ2) is 11.1. The predicted molar refractivity (Wildman–Crippen MR) is 117 cm³/mol. The fourth-order valence-corrected chi connectivity index (χ4v) is 4.81. The number of hydrogen-bond donors (Lipinski definition) is 3. The minimum atomic E-state index is -3.72. The Morgan fingerprint density at radius 2 is 2.00 bits per heavy atom. The van der Waals surface area contributed by atoms with Gasteiger partial charge in [0.2, 0.25) is 21.7 Å². The summed E-state index contributed by atoms with van der Waals surface area (Å²) < 4.78 is 47.2. The third-order valence-electron chi connectivity index (χ3n) is 5.44. The number of urea groups is 1. The smallest absolute Gasteiger partial charge is 0.324 e. The summed E-state index contributed by atoms with van der Waals surface area (Å²) in [5.41, 5.74) is -1.00. The predicted octanol–water partition coefficient (Wildman–Crippen LogP) is 1.18. The number of carbonyl (C=O) groups is 2. The maximum Gasteiger partial charge on any atom is 0.324 e. The molecule has 0 aromatic carbocycles. The van der Waals surface area contributed by atoms with Gasteiger partial charge in [0.25, 0.3) is 11.4 Å². The Kier molecular flexibility index (Phi) is 8.40. The van der Waals surface area contributed by atoms with E-state index in [1.165, 1.54) is 4.90 Å². The first kappa shape index (κ1) is 25.1. The second-order valence-corrected chi connectivity index (χ2v) is 10.3. The number of nitrogens with one attached hydrogen (secondary N) is 3.